The van der Waals surface area contributed by atoms with Gasteiger partial charge in [-0.2, -0.15) is 5.10 Å². The van der Waals surface area contributed by atoms with Gasteiger partial charge in [-0.25, -0.2) is 5.43 Å². The first-order valence-electron chi connectivity index (χ1n) is 6.94. The smallest absolute Gasteiger partial charge is 0.240 e. The van der Waals surface area contributed by atoms with Gasteiger partial charge in [-0.15, -0.1) is 0 Å². The Balaban J connectivity index is 1.91. The summed E-state index contributed by atoms with van der Waals surface area (Å²) in [7, 11) is 0. The summed E-state index contributed by atoms with van der Waals surface area (Å²) in [5.74, 6) is 1.41. The van der Waals surface area contributed by atoms with Gasteiger partial charge in [0.2, 0.25) is 12.7 Å². The third kappa shape index (κ3) is 3.73. The predicted octanol–water partition coefficient (Wildman–Crippen LogP) is 2.84. The van der Waals surface area contributed by atoms with Crippen molar-refractivity contribution in [1.82, 2.24) is 5.43 Å². The van der Waals surface area contributed by atoms with E-state index in [-0.39, 0.29) is 12.7 Å². The molecule has 0 unspecified atom stereocenters. The maximum absolute atomic E-state index is 11.6. The van der Waals surface area contributed by atoms with Gasteiger partial charge in [0, 0.05) is 12.0 Å². The van der Waals surface area contributed by atoms with Crippen LogP contribution in [0.1, 0.15) is 45.1 Å². The molecule has 1 N–H and O–H groups in total. The molecular formula is C15H20N2O3. The number of carbonyl (C=O) groups is 1. The van der Waals surface area contributed by atoms with Crippen LogP contribution in [-0.4, -0.2) is 18.4 Å². The molecular weight excluding hydrogens is 256 g/mol. The minimum atomic E-state index is -0.0430. The lowest BCUT2D eigenvalue weighted by atomic mass is 10.1. The molecule has 20 heavy (non-hydrogen) atoms. The molecule has 1 aliphatic heterocycles. The van der Waals surface area contributed by atoms with Crippen molar-refractivity contribution in [3.05, 3.63) is 23.8 Å². The normalized spacial score (nSPS) is 13.4. The number of amides is 1. The lowest BCUT2D eigenvalue weighted by Crippen LogP contribution is -2.18. The Hall–Kier alpha value is -2.04. The highest BCUT2D eigenvalue weighted by Gasteiger charge is 2.14. The number of hydrogen-bond acceptors (Lipinski definition) is 4. The summed E-state index contributed by atoms with van der Waals surface area (Å²) >= 11 is 0. The quantitative estimate of drug-likeness (QED) is 0.494. The van der Waals surface area contributed by atoms with Crippen LogP contribution in [0.2, 0.25) is 0 Å². The Morgan fingerprint density at radius 3 is 2.90 bits per heavy atom. The number of nitrogens with one attached hydrogen (secondary N) is 1. The van der Waals surface area contributed by atoms with E-state index in [2.05, 4.69) is 17.5 Å². The first-order chi connectivity index (χ1) is 9.70. The molecule has 0 aromatic heterocycles. The molecule has 1 aliphatic rings. The zero-order valence-electron chi connectivity index (χ0n) is 11.9. The largest absolute Gasteiger partial charge is 0.454 e. The van der Waals surface area contributed by atoms with Gasteiger partial charge >= 0.3 is 0 Å². The average molecular weight is 276 g/mol. The summed E-state index contributed by atoms with van der Waals surface area (Å²) in [6.45, 7) is 4.22. The van der Waals surface area contributed by atoms with Gasteiger partial charge in [0.25, 0.3) is 0 Å². The highest BCUT2D eigenvalue weighted by Crippen LogP contribution is 2.32. The number of nitrogens with zero attached hydrogens (tertiary/aromatic N) is 1. The van der Waals surface area contributed by atoms with Crippen molar-refractivity contribution in [1.29, 1.82) is 0 Å². The minimum absolute atomic E-state index is 0.0430. The third-order valence-electron chi connectivity index (χ3n) is 3.15. The van der Waals surface area contributed by atoms with E-state index in [4.69, 9.17) is 9.47 Å². The molecule has 5 heteroatoms. The van der Waals surface area contributed by atoms with Crippen molar-refractivity contribution in [2.75, 3.05) is 6.79 Å². The van der Waals surface area contributed by atoms with E-state index in [9.17, 15) is 4.79 Å². The predicted molar refractivity (Wildman–Crippen MR) is 77.1 cm³/mol. The molecule has 0 radical (unpaired) electrons. The molecule has 5 nitrogen and oxygen atoms in total. The molecule has 1 aromatic carbocycles. The van der Waals surface area contributed by atoms with Crippen LogP contribution >= 0.6 is 0 Å². The Labute approximate surface area is 119 Å². The number of ether oxygens (including phenoxy) is 2. The maximum Gasteiger partial charge on any atom is 0.240 e. The number of hydrogen-bond donors (Lipinski definition) is 1. The van der Waals surface area contributed by atoms with Crippen molar-refractivity contribution < 1.29 is 14.3 Å². The Morgan fingerprint density at radius 2 is 2.10 bits per heavy atom. The number of carbonyl (C=O) groups excluding carboxylic acids is 1. The van der Waals surface area contributed by atoms with Gasteiger partial charge in [-0.1, -0.05) is 19.8 Å². The van der Waals surface area contributed by atoms with Crippen molar-refractivity contribution in [3.8, 4) is 11.5 Å². The van der Waals surface area contributed by atoms with Crippen molar-refractivity contribution >= 4 is 11.6 Å². The zero-order valence-corrected chi connectivity index (χ0v) is 11.9. The molecule has 108 valence electrons. The molecule has 0 fully saturated rings. The SMILES string of the molecule is CCCCCC(=O)NN=C(C)c1ccc2c(c1)OCO2. The van der Waals surface area contributed by atoms with E-state index in [1.165, 1.54) is 0 Å². The molecule has 0 atom stereocenters. The summed E-state index contributed by atoms with van der Waals surface area (Å²) in [6.07, 6.45) is 3.59. The molecule has 0 bridgehead atoms. The topological polar surface area (TPSA) is 59.9 Å². The monoisotopic (exact) mass is 276 g/mol. The second-order valence-corrected chi connectivity index (χ2v) is 4.76. The Kier molecular flexibility index (Phi) is 4.98. The standard InChI is InChI=1S/C15H20N2O3/c1-3-4-5-6-15(18)17-16-11(2)12-7-8-13-14(9-12)20-10-19-13/h7-9H,3-6,10H2,1-2H3,(H,17,18). The van der Waals surface area contributed by atoms with E-state index in [0.29, 0.717) is 12.2 Å². The fourth-order valence-electron chi connectivity index (χ4n) is 1.92. The maximum atomic E-state index is 11.6. The number of fused-ring (bicyclic) bond motifs is 1. The summed E-state index contributed by atoms with van der Waals surface area (Å²) in [5, 5.41) is 4.12. The average Bonchev–Trinajstić information content (AvgIpc) is 2.92. The first kappa shape index (κ1) is 14.4. The Morgan fingerprint density at radius 1 is 1.30 bits per heavy atom. The lowest BCUT2D eigenvalue weighted by molar-refractivity contribution is -0.121. The zero-order chi connectivity index (χ0) is 14.4. The second-order valence-electron chi connectivity index (χ2n) is 4.76. The van der Waals surface area contributed by atoms with E-state index < -0.39 is 0 Å². The number of rotatable bonds is 6. The second kappa shape index (κ2) is 6.93. The molecule has 1 aromatic rings. The van der Waals surface area contributed by atoms with Crippen LogP contribution in [0.5, 0.6) is 11.5 Å². The molecule has 0 spiro atoms. The van der Waals surface area contributed by atoms with Crippen molar-refractivity contribution in [3.63, 3.8) is 0 Å². The molecule has 0 aliphatic carbocycles. The van der Waals surface area contributed by atoms with Gasteiger partial charge in [-0.05, 0) is 31.5 Å². The van der Waals surface area contributed by atoms with Crippen LogP contribution < -0.4 is 14.9 Å². The third-order valence-corrected chi connectivity index (χ3v) is 3.15. The number of unbranched alkanes of at least 4 members (excludes halogenated alkanes) is 2. The van der Waals surface area contributed by atoms with E-state index in [0.717, 1.165) is 36.3 Å². The number of hydrazone groups is 1. The van der Waals surface area contributed by atoms with Crippen LogP contribution in [-0.2, 0) is 4.79 Å². The molecule has 1 heterocycles. The highest BCUT2D eigenvalue weighted by atomic mass is 16.7. The fourth-order valence-corrected chi connectivity index (χ4v) is 1.92. The summed E-state index contributed by atoms with van der Waals surface area (Å²) in [6, 6.07) is 5.61. The van der Waals surface area contributed by atoms with Crippen molar-refractivity contribution in [2.24, 2.45) is 5.10 Å². The number of benzene rings is 1. The van der Waals surface area contributed by atoms with Gasteiger partial charge in [-0.3, -0.25) is 4.79 Å². The van der Waals surface area contributed by atoms with Crippen LogP contribution in [0.25, 0.3) is 0 Å². The van der Waals surface area contributed by atoms with Gasteiger partial charge in [0.05, 0.1) is 5.71 Å². The fraction of sp³-hybridized carbons (Fsp3) is 0.467. The lowest BCUT2D eigenvalue weighted by Gasteiger charge is -2.04. The van der Waals surface area contributed by atoms with E-state index >= 15 is 0 Å². The van der Waals surface area contributed by atoms with E-state index in [1.807, 2.05) is 25.1 Å². The Bertz CT molecular complexity index is 512. The van der Waals surface area contributed by atoms with Gasteiger partial charge in [0.15, 0.2) is 11.5 Å². The van der Waals surface area contributed by atoms with Crippen molar-refractivity contribution in [2.45, 2.75) is 39.5 Å². The van der Waals surface area contributed by atoms with Crippen LogP contribution in [0.3, 0.4) is 0 Å². The van der Waals surface area contributed by atoms with Gasteiger partial charge < -0.3 is 9.47 Å². The molecule has 2 rings (SSSR count). The molecule has 0 saturated carbocycles. The summed E-state index contributed by atoms with van der Waals surface area (Å²) < 4.78 is 10.6. The highest BCUT2D eigenvalue weighted by molar-refractivity contribution is 5.99. The first-order valence-corrected chi connectivity index (χ1v) is 6.94. The molecule has 1 amide bonds. The summed E-state index contributed by atoms with van der Waals surface area (Å²) in [5.41, 5.74) is 4.23. The van der Waals surface area contributed by atoms with Crippen LogP contribution in [0.15, 0.2) is 23.3 Å². The van der Waals surface area contributed by atoms with Crippen LogP contribution in [0.4, 0.5) is 0 Å². The summed E-state index contributed by atoms with van der Waals surface area (Å²) in [4.78, 5) is 11.6. The van der Waals surface area contributed by atoms with Crippen LogP contribution in [0, 0.1) is 0 Å². The van der Waals surface area contributed by atoms with E-state index in [1.54, 1.807) is 0 Å². The molecule has 0 saturated heterocycles. The minimum Gasteiger partial charge on any atom is -0.454 e. The van der Waals surface area contributed by atoms with Gasteiger partial charge in [0.1, 0.15) is 0 Å².